The molecule has 0 saturated carbocycles. The van der Waals surface area contributed by atoms with Crippen LogP contribution >= 0.6 is 0 Å². The van der Waals surface area contributed by atoms with E-state index in [0.717, 1.165) is 23.8 Å². The minimum Gasteiger partial charge on any atom is -0.439 e. The minimum absolute atomic E-state index is 0.160. The molecule has 1 atom stereocenters. The maximum atomic E-state index is 5.87. The molecule has 0 amide bonds. The van der Waals surface area contributed by atoms with Crippen molar-refractivity contribution in [3.63, 3.8) is 0 Å². The van der Waals surface area contributed by atoms with Crippen LogP contribution in [0.5, 0.6) is 0 Å². The van der Waals surface area contributed by atoms with Gasteiger partial charge in [-0.3, -0.25) is 0 Å². The Balaban J connectivity index is 1.86. The van der Waals surface area contributed by atoms with Gasteiger partial charge in [0.2, 0.25) is 5.89 Å². The predicted molar refractivity (Wildman–Crippen MR) is 76.1 cm³/mol. The van der Waals surface area contributed by atoms with E-state index >= 15 is 0 Å². The molecule has 1 N–H and O–H groups in total. The summed E-state index contributed by atoms with van der Waals surface area (Å²) < 4.78 is 5.87. The highest BCUT2D eigenvalue weighted by atomic mass is 16.4. The monoisotopic (exact) mass is 256 g/mol. The van der Waals surface area contributed by atoms with Crippen LogP contribution in [0.4, 0.5) is 0 Å². The fourth-order valence-corrected chi connectivity index (χ4v) is 2.74. The van der Waals surface area contributed by atoms with Gasteiger partial charge in [0, 0.05) is 5.56 Å². The summed E-state index contributed by atoms with van der Waals surface area (Å²) in [6, 6.07) is 6.79. The average Bonchev–Trinajstić information content (AvgIpc) is 3.07. The number of benzene rings is 1. The molecule has 0 bridgehead atoms. The number of aryl methyl sites for hydroxylation is 2. The maximum Gasteiger partial charge on any atom is 0.211 e. The third-order valence-corrected chi connectivity index (χ3v) is 3.79. The smallest absolute Gasteiger partial charge is 0.211 e. The largest absolute Gasteiger partial charge is 0.439 e. The number of hydrogen-bond acceptors (Lipinski definition) is 3. The van der Waals surface area contributed by atoms with E-state index in [-0.39, 0.29) is 6.04 Å². The quantitative estimate of drug-likeness (QED) is 0.909. The van der Waals surface area contributed by atoms with E-state index in [4.69, 9.17) is 4.42 Å². The molecule has 1 aromatic heterocycles. The van der Waals surface area contributed by atoms with Crippen molar-refractivity contribution in [3.8, 4) is 11.3 Å². The van der Waals surface area contributed by atoms with E-state index in [1.54, 1.807) is 0 Å². The molecule has 0 saturated heterocycles. The van der Waals surface area contributed by atoms with Gasteiger partial charge in [-0.2, -0.15) is 0 Å². The molecule has 0 radical (unpaired) electrons. The van der Waals surface area contributed by atoms with Crippen molar-refractivity contribution in [1.82, 2.24) is 10.3 Å². The van der Waals surface area contributed by atoms with Gasteiger partial charge in [-0.05, 0) is 49.9 Å². The molecule has 1 aliphatic carbocycles. The molecule has 1 unspecified atom stereocenters. The molecular weight excluding hydrogens is 236 g/mol. The van der Waals surface area contributed by atoms with Crippen molar-refractivity contribution >= 4 is 0 Å². The number of rotatable bonds is 4. The van der Waals surface area contributed by atoms with E-state index in [9.17, 15) is 0 Å². The molecule has 3 heteroatoms. The number of aromatic nitrogens is 1. The van der Waals surface area contributed by atoms with Crippen LogP contribution in [-0.4, -0.2) is 11.5 Å². The molecule has 0 spiro atoms. The van der Waals surface area contributed by atoms with Crippen LogP contribution in [0.25, 0.3) is 11.3 Å². The summed E-state index contributed by atoms with van der Waals surface area (Å²) >= 11 is 0. The van der Waals surface area contributed by atoms with E-state index in [2.05, 4.69) is 42.3 Å². The van der Waals surface area contributed by atoms with Gasteiger partial charge >= 0.3 is 0 Å². The minimum atomic E-state index is 0.160. The van der Waals surface area contributed by atoms with Crippen LogP contribution in [0, 0.1) is 0 Å². The van der Waals surface area contributed by atoms with E-state index in [0.29, 0.717) is 0 Å². The lowest BCUT2D eigenvalue weighted by Crippen LogP contribution is -2.17. The van der Waals surface area contributed by atoms with Crippen molar-refractivity contribution in [2.45, 2.75) is 39.2 Å². The highest BCUT2D eigenvalue weighted by molar-refractivity contribution is 5.59. The van der Waals surface area contributed by atoms with Crippen molar-refractivity contribution in [2.75, 3.05) is 6.54 Å². The van der Waals surface area contributed by atoms with Gasteiger partial charge in [0.1, 0.15) is 0 Å². The highest BCUT2D eigenvalue weighted by Gasteiger charge is 2.15. The normalized spacial score (nSPS) is 15.5. The molecule has 0 fully saturated rings. The Hall–Kier alpha value is -1.61. The van der Waals surface area contributed by atoms with Gasteiger partial charge in [0.25, 0.3) is 0 Å². The summed E-state index contributed by atoms with van der Waals surface area (Å²) in [5.41, 5.74) is 4.10. The number of oxazole rings is 1. The fourth-order valence-electron chi connectivity index (χ4n) is 2.74. The molecule has 1 aromatic carbocycles. The van der Waals surface area contributed by atoms with E-state index in [1.165, 1.54) is 30.4 Å². The van der Waals surface area contributed by atoms with Crippen LogP contribution in [0.3, 0.4) is 0 Å². The zero-order chi connectivity index (χ0) is 13.2. The molecule has 3 nitrogen and oxygen atoms in total. The number of hydrogen-bond donors (Lipinski definition) is 1. The van der Waals surface area contributed by atoms with E-state index in [1.807, 2.05) is 6.20 Å². The third-order valence-electron chi connectivity index (χ3n) is 3.79. The molecule has 1 heterocycles. The molecule has 1 aliphatic rings. The summed E-state index contributed by atoms with van der Waals surface area (Å²) in [6.07, 6.45) is 5.52. The molecule has 0 aliphatic heterocycles. The van der Waals surface area contributed by atoms with Gasteiger partial charge in [-0.25, -0.2) is 4.98 Å². The summed E-state index contributed by atoms with van der Waals surface area (Å²) in [7, 11) is 0. The van der Waals surface area contributed by atoms with Gasteiger partial charge < -0.3 is 9.73 Å². The second kappa shape index (κ2) is 5.17. The molecule has 100 valence electrons. The first-order chi connectivity index (χ1) is 9.28. The van der Waals surface area contributed by atoms with Crippen molar-refractivity contribution in [1.29, 1.82) is 0 Å². The summed E-state index contributed by atoms with van der Waals surface area (Å²) in [5, 5.41) is 3.31. The van der Waals surface area contributed by atoms with Gasteiger partial charge in [-0.15, -0.1) is 0 Å². The zero-order valence-electron chi connectivity index (χ0n) is 11.6. The van der Waals surface area contributed by atoms with Crippen LogP contribution < -0.4 is 5.32 Å². The zero-order valence-corrected chi connectivity index (χ0v) is 11.6. The lowest BCUT2D eigenvalue weighted by atomic mass is 10.1. The van der Waals surface area contributed by atoms with Crippen LogP contribution in [0.15, 0.2) is 28.8 Å². The van der Waals surface area contributed by atoms with E-state index < -0.39 is 0 Å². The average molecular weight is 256 g/mol. The lowest BCUT2D eigenvalue weighted by Gasteiger charge is -2.07. The predicted octanol–water partition coefficient (Wildman–Crippen LogP) is 3.50. The Kier molecular flexibility index (Phi) is 3.38. The van der Waals surface area contributed by atoms with Crippen molar-refractivity contribution in [3.05, 3.63) is 41.4 Å². The first-order valence-electron chi connectivity index (χ1n) is 7.09. The fraction of sp³-hybridized carbons (Fsp3) is 0.438. The highest BCUT2D eigenvalue weighted by Crippen LogP contribution is 2.29. The maximum absolute atomic E-state index is 5.87. The Morgan fingerprint density at radius 1 is 1.32 bits per heavy atom. The second-order valence-electron chi connectivity index (χ2n) is 5.18. The Labute approximate surface area is 114 Å². The summed E-state index contributed by atoms with van der Waals surface area (Å²) in [4.78, 5) is 4.38. The summed E-state index contributed by atoms with van der Waals surface area (Å²) in [5.74, 6) is 1.63. The standard InChI is InChI=1S/C16H20N2O/c1-3-17-11(2)16-18-10-15(19-16)14-8-7-12-5-4-6-13(12)9-14/h7-11,17H,3-6H2,1-2H3. The first kappa shape index (κ1) is 12.4. The van der Waals surface area contributed by atoms with Crippen molar-refractivity contribution < 1.29 is 4.42 Å². The van der Waals surface area contributed by atoms with Gasteiger partial charge in [0.15, 0.2) is 5.76 Å². The number of nitrogens with one attached hydrogen (secondary N) is 1. The Bertz CT molecular complexity index is 574. The van der Waals surface area contributed by atoms with Crippen molar-refractivity contribution in [2.24, 2.45) is 0 Å². The molecule has 2 aromatic rings. The topological polar surface area (TPSA) is 38.1 Å². The molecular formula is C16H20N2O. The number of fused-ring (bicyclic) bond motifs is 1. The Morgan fingerprint density at radius 2 is 2.16 bits per heavy atom. The first-order valence-corrected chi connectivity index (χ1v) is 7.09. The van der Waals surface area contributed by atoms with Gasteiger partial charge in [0.05, 0.1) is 12.2 Å². The van der Waals surface area contributed by atoms with Crippen LogP contribution in [-0.2, 0) is 12.8 Å². The third kappa shape index (κ3) is 2.43. The molecule has 3 rings (SSSR count). The number of nitrogens with zero attached hydrogens (tertiary/aromatic N) is 1. The van der Waals surface area contributed by atoms with Gasteiger partial charge in [-0.1, -0.05) is 19.1 Å². The second-order valence-corrected chi connectivity index (χ2v) is 5.18. The van der Waals surface area contributed by atoms with Crippen LogP contribution in [0.2, 0.25) is 0 Å². The summed E-state index contributed by atoms with van der Waals surface area (Å²) in [6.45, 7) is 5.07. The van der Waals surface area contributed by atoms with Crippen LogP contribution in [0.1, 0.15) is 43.3 Å². The molecule has 19 heavy (non-hydrogen) atoms. The Morgan fingerprint density at radius 3 is 3.00 bits per heavy atom. The lowest BCUT2D eigenvalue weighted by molar-refractivity contribution is 0.429. The SMILES string of the molecule is CCNC(C)c1ncc(-c2ccc3c(c2)CCC3)o1.